The summed E-state index contributed by atoms with van der Waals surface area (Å²) in [6.07, 6.45) is 4.20. The number of halogens is 1. The number of ketones is 1. The minimum Gasteiger partial charge on any atom is -0.467 e. The maximum absolute atomic E-state index is 15.3. The molecule has 0 radical (unpaired) electrons. The minimum absolute atomic E-state index is 0.0899. The molecule has 4 aromatic carbocycles. The molecule has 2 unspecified atom stereocenters. The molecule has 4 heterocycles. The summed E-state index contributed by atoms with van der Waals surface area (Å²) < 4.78 is 11.1. The van der Waals surface area contributed by atoms with Crippen molar-refractivity contribution in [1.82, 2.24) is 9.88 Å². The molecule has 2 aliphatic heterocycles. The van der Waals surface area contributed by atoms with E-state index < -0.39 is 46.7 Å². The summed E-state index contributed by atoms with van der Waals surface area (Å²) in [6.45, 7) is 0. The van der Waals surface area contributed by atoms with Crippen molar-refractivity contribution in [2.24, 2.45) is 11.8 Å². The normalized spacial score (nSPS) is 20.6. The average molecular weight is 798 g/mol. The Morgan fingerprint density at radius 2 is 1.46 bits per heavy atom. The lowest BCUT2D eigenvalue weighted by Gasteiger charge is -2.44. The number of fused-ring (bicyclic) bond motifs is 2. The van der Waals surface area contributed by atoms with Crippen LogP contribution in [-0.4, -0.2) is 52.6 Å². The smallest absolute Gasteiger partial charge is 0.347 e. The van der Waals surface area contributed by atoms with Crippen LogP contribution in [0.5, 0.6) is 0 Å². The Hall–Kier alpha value is -5.91. The summed E-state index contributed by atoms with van der Waals surface area (Å²) in [5.74, 6) is -4.38. The van der Waals surface area contributed by atoms with Gasteiger partial charge in [0.05, 0.1) is 24.6 Å². The minimum atomic E-state index is -1.49. The lowest BCUT2D eigenvalue weighted by molar-refractivity contribution is -0.149. The topological polar surface area (TPSA) is 127 Å². The van der Waals surface area contributed by atoms with Gasteiger partial charge < -0.3 is 14.1 Å². The molecule has 3 atom stereocenters. The highest BCUT2D eigenvalue weighted by atomic mass is 35.5. The second-order valence-electron chi connectivity index (χ2n) is 14.7. The summed E-state index contributed by atoms with van der Waals surface area (Å²) in [7, 11) is 1.26. The number of esters is 1. The molecule has 12 heteroatoms. The van der Waals surface area contributed by atoms with Crippen LogP contribution < -0.4 is 10.5 Å². The second kappa shape index (κ2) is 14.5. The first kappa shape index (κ1) is 36.7. The van der Waals surface area contributed by atoms with Crippen molar-refractivity contribution < 1.29 is 28.3 Å². The third-order valence-corrected chi connectivity index (χ3v) is 13.0. The molecule has 6 aromatic rings. The highest BCUT2D eigenvalue weighted by Crippen LogP contribution is 2.60. The molecule has 1 aliphatic carbocycles. The van der Waals surface area contributed by atoms with Gasteiger partial charge in [0.15, 0.2) is 5.13 Å². The average Bonchev–Trinajstić information content (AvgIpc) is 3.90. The second-order valence-corrected chi connectivity index (χ2v) is 16.1. The van der Waals surface area contributed by atoms with Gasteiger partial charge in [0, 0.05) is 22.0 Å². The number of para-hydroxylation sites is 1. The zero-order chi connectivity index (χ0) is 39.4. The van der Waals surface area contributed by atoms with Crippen LogP contribution in [0.4, 0.5) is 5.13 Å². The molecule has 0 N–H and O–H groups in total. The van der Waals surface area contributed by atoms with E-state index in [1.807, 2.05) is 60.7 Å². The number of benzene rings is 4. The number of methoxy groups -OCH3 is 1. The number of aromatic nitrogens is 1. The Labute approximate surface area is 336 Å². The molecule has 57 heavy (non-hydrogen) atoms. The summed E-state index contributed by atoms with van der Waals surface area (Å²) in [5, 5.41) is 1.20. The third-order valence-electron chi connectivity index (χ3n) is 11.7. The Morgan fingerprint density at radius 3 is 2.11 bits per heavy atom. The monoisotopic (exact) mass is 797 g/mol. The Balaban J connectivity index is 1.33. The summed E-state index contributed by atoms with van der Waals surface area (Å²) in [5.41, 5.74) is -0.135. The number of carbonyl (C=O) groups excluding carboxylic acids is 4. The molecule has 10 nitrogen and oxygen atoms in total. The number of thiazole rings is 1. The van der Waals surface area contributed by atoms with Gasteiger partial charge in [0.25, 0.3) is 0 Å². The van der Waals surface area contributed by atoms with Crippen molar-refractivity contribution in [2.75, 3.05) is 12.0 Å². The maximum Gasteiger partial charge on any atom is 0.347 e. The number of hydrogen-bond donors (Lipinski definition) is 0. The van der Waals surface area contributed by atoms with Gasteiger partial charge in [0.1, 0.15) is 27.6 Å². The van der Waals surface area contributed by atoms with E-state index in [0.717, 1.165) is 30.6 Å². The van der Waals surface area contributed by atoms with Gasteiger partial charge in [-0.25, -0.2) is 14.6 Å². The first-order valence-corrected chi connectivity index (χ1v) is 20.1. The van der Waals surface area contributed by atoms with Crippen molar-refractivity contribution in [3.8, 4) is 11.3 Å². The molecule has 2 amide bonds. The summed E-state index contributed by atoms with van der Waals surface area (Å²) in [4.78, 5) is 81.2. The Bertz CT molecular complexity index is 2560. The largest absolute Gasteiger partial charge is 0.467 e. The Kier molecular flexibility index (Phi) is 9.37. The van der Waals surface area contributed by atoms with Crippen molar-refractivity contribution in [3.05, 3.63) is 152 Å². The number of nitrogens with zero attached hydrogens (tertiary/aromatic N) is 3. The van der Waals surface area contributed by atoms with Gasteiger partial charge in [-0.3, -0.25) is 19.3 Å². The molecule has 3 fully saturated rings. The standard InChI is InChI=1S/C45H36ClN3O7S/c1-55-43(54)37-34-35(41(52)48(40(34)51)31-18-9-4-10-19-31)45(28-14-5-2-6-15-28,29-16-7-3-8-17-29)49(37)44-47-36(26-21-23-30(46)24-22-26)39(57-44)38(50)32-25-27-13-11-12-20-33(27)56-42(32)53/h2-3,5-8,11-17,20-25,31,34-35,37H,4,9-10,18-19H2,1H3/t34?,35?,37-/m1/s1. The predicted octanol–water partition coefficient (Wildman–Crippen LogP) is 8.04. The van der Waals surface area contributed by atoms with Gasteiger partial charge in [-0.05, 0) is 48.2 Å². The zero-order valence-electron chi connectivity index (χ0n) is 30.8. The van der Waals surface area contributed by atoms with Crippen LogP contribution in [0.3, 0.4) is 0 Å². The molecular formula is C45H36ClN3O7S. The van der Waals surface area contributed by atoms with Crippen LogP contribution in [-0.2, 0) is 24.7 Å². The number of imide groups is 1. The van der Waals surface area contributed by atoms with E-state index in [1.54, 1.807) is 53.4 Å². The van der Waals surface area contributed by atoms with Crippen molar-refractivity contribution in [2.45, 2.75) is 49.7 Å². The molecule has 286 valence electrons. The zero-order valence-corrected chi connectivity index (χ0v) is 32.4. The van der Waals surface area contributed by atoms with Crippen molar-refractivity contribution in [1.29, 1.82) is 0 Å². The number of ether oxygens (including phenoxy) is 1. The fraction of sp³-hybridized carbons (Fsp3) is 0.244. The van der Waals surface area contributed by atoms with Crippen LogP contribution in [0, 0.1) is 11.8 Å². The molecule has 2 aromatic heterocycles. The molecule has 9 rings (SSSR count). The van der Waals surface area contributed by atoms with Crippen LogP contribution >= 0.6 is 22.9 Å². The number of likely N-dealkylation sites (tertiary alicyclic amines) is 1. The lowest BCUT2D eigenvalue weighted by atomic mass is 9.71. The first-order valence-electron chi connectivity index (χ1n) is 18.9. The highest BCUT2D eigenvalue weighted by Gasteiger charge is 2.73. The lowest BCUT2D eigenvalue weighted by Crippen LogP contribution is -2.56. The van der Waals surface area contributed by atoms with Crippen LogP contribution in [0.1, 0.15) is 58.5 Å². The van der Waals surface area contributed by atoms with E-state index >= 15 is 4.79 Å². The number of rotatable bonds is 8. The van der Waals surface area contributed by atoms with Gasteiger partial charge in [0.2, 0.25) is 17.6 Å². The summed E-state index contributed by atoms with van der Waals surface area (Å²) in [6, 6.07) is 32.3. The molecule has 3 aliphatic rings. The molecular weight excluding hydrogens is 762 g/mol. The molecule has 2 saturated heterocycles. The van der Waals surface area contributed by atoms with Gasteiger partial charge in [-0.1, -0.05) is 133 Å². The first-order chi connectivity index (χ1) is 27.7. The fourth-order valence-corrected chi connectivity index (χ4v) is 10.5. The Morgan fingerprint density at radius 1 is 0.825 bits per heavy atom. The van der Waals surface area contributed by atoms with Gasteiger partial charge >= 0.3 is 11.6 Å². The van der Waals surface area contributed by atoms with Crippen molar-refractivity contribution in [3.63, 3.8) is 0 Å². The third kappa shape index (κ3) is 5.82. The van der Waals surface area contributed by atoms with E-state index in [2.05, 4.69) is 0 Å². The van der Waals surface area contributed by atoms with E-state index in [9.17, 15) is 19.2 Å². The number of hydrogen-bond acceptors (Lipinski definition) is 10. The predicted molar refractivity (Wildman–Crippen MR) is 216 cm³/mol. The van der Waals surface area contributed by atoms with Gasteiger partial charge in [-0.2, -0.15) is 0 Å². The van der Waals surface area contributed by atoms with Crippen LogP contribution in [0.15, 0.2) is 124 Å². The van der Waals surface area contributed by atoms with E-state index in [4.69, 9.17) is 25.7 Å². The maximum atomic E-state index is 15.3. The van der Waals surface area contributed by atoms with E-state index in [0.29, 0.717) is 45.5 Å². The highest BCUT2D eigenvalue weighted by molar-refractivity contribution is 7.18. The molecule has 1 saturated carbocycles. The van der Waals surface area contributed by atoms with E-state index in [1.165, 1.54) is 18.1 Å². The molecule has 0 spiro atoms. The SMILES string of the molecule is COC(=O)[C@H]1C2C(=O)N(C3CCCCC3)C(=O)C2C(c2ccccc2)(c2ccccc2)N1c1nc(-c2ccc(Cl)cc2)c(C(=O)c2cc3ccccc3oc2=O)s1. The van der Waals surface area contributed by atoms with E-state index in [-0.39, 0.29) is 33.2 Å². The quantitative estimate of drug-likeness (QED) is 0.0651. The van der Waals surface area contributed by atoms with Gasteiger partial charge in [-0.15, -0.1) is 0 Å². The summed E-state index contributed by atoms with van der Waals surface area (Å²) >= 11 is 7.28. The van der Waals surface area contributed by atoms with Crippen molar-refractivity contribution >= 4 is 62.6 Å². The number of amides is 2. The van der Waals surface area contributed by atoms with Crippen LogP contribution in [0.2, 0.25) is 5.02 Å². The fourth-order valence-electron chi connectivity index (χ4n) is 9.24. The molecule has 0 bridgehead atoms. The number of carbonyl (C=O) groups is 4. The van der Waals surface area contributed by atoms with Crippen LogP contribution in [0.25, 0.3) is 22.2 Å². The number of anilines is 1.